The summed E-state index contributed by atoms with van der Waals surface area (Å²) < 4.78 is 15.9. The molecule has 7 nitrogen and oxygen atoms in total. The number of carbonyl (C=O) groups excluding carboxylic acids is 2. The van der Waals surface area contributed by atoms with E-state index >= 15 is 0 Å². The first-order chi connectivity index (χ1) is 22.4. The van der Waals surface area contributed by atoms with Crippen LogP contribution in [0.4, 0.5) is 0 Å². The summed E-state index contributed by atoms with van der Waals surface area (Å²) in [6, 6.07) is 27.7. The maximum atomic E-state index is 11.8. The fourth-order valence-electron chi connectivity index (χ4n) is 4.06. The van der Waals surface area contributed by atoms with E-state index in [1.165, 1.54) is 0 Å². The van der Waals surface area contributed by atoms with Crippen LogP contribution in [0.3, 0.4) is 0 Å². The van der Waals surface area contributed by atoms with Gasteiger partial charge in [-0.2, -0.15) is 0 Å². The molecule has 1 atom stereocenters. The molecule has 0 amide bonds. The lowest BCUT2D eigenvalue weighted by atomic mass is 10.1. The van der Waals surface area contributed by atoms with Crippen molar-refractivity contribution in [3.05, 3.63) is 135 Å². The number of thiazole rings is 1. The summed E-state index contributed by atoms with van der Waals surface area (Å²) >= 11 is 1.54. The van der Waals surface area contributed by atoms with E-state index in [1.807, 2.05) is 117 Å². The van der Waals surface area contributed by atoms with Crippen molar-refractivity contribution >= 4 is 29.7 Å². The summed E-state index contributed by atoms with van der Waals surface area (Å²) in [4.78, 5) is 26.3. The SMILES string of the molecule is CC.CCOC(=O)/C(C)=C\C(C)=C\c1csc(C(N)Cc2ccc(OCc3ccccc3)cc2)n1.O=CCOCc1ccccc1. The molecule has 8 heteroatoms. The van der Waals surface area contributed by atoms with Crippen molar-refractivity contribution in [3.8, 4) is 5.75 Å². The fraction of sp³-hybridized carbons (Fsp3) is 0.289. The number of carbonyl (C=O) groups is 2. The number of rotatable bonds is 14. The molecule has 1 aromatic heterocycles. The Labute approximate surface area is 277 Å². The summed E-state index contributed by atoms with van der Waals surface area (Å²) in [7, 11) is 0. The van der Waals surface area contributed by atoms with Gasteiger partial charge in [0.25, 0.3) is 0 Å². The molecule has 0 bridgehead atoms. The predicted octanol–water partition coefficient (Wildman–Crippen LogP) is 8.31. The second-order valence-electron chi connectivity index (χ2n) is 9.94. The highest BCUT2D eigenvalue weighted by Gasteiger charge is 2.12. The topological polar surface area (TPSA) is 101 Å². The molecule has 0 radical (unpaired) electrons. The van der Waals surface area contributed by atoms with Crippen molar-refractivity contribution in [2.24, 2.45) is 5.73 Å². The standard InChI is InChI=1S/C27H30N2O3S.C9H10O2.C2H6/c1-4-31-27(30)20(3)14-19(2)15-23-18-33-26(29-23)25(28)16-21-10-12-24(13-11-21)32-17-22-8-6-5-7-9-22;10-6-7-11-8-9-4-2-1-3-5-9;1-2/h5-15,18,25H,4,16-17,28H2,1-3H3;1-6H,7-8H2;1-2H3/b19-15+,20-14-;;. The average Bonchev–Trinajstić information content (AvgIpc) is 3.55. The van der Waals surface area contributed by atoms with Crippen LogP contribution >= 0.6 is 11.3 Å². The van der Waals surface area contributed by atoms with Crippen LogP contribution in [0, 0.1) is 0 Å². The average molecular weight is 643 g/mol. The van der Waals surface area contributed by atoms with Gasteiger partial charge < -0.3 is 24.7 Å². The molecule has 244 valence electrons. The van der Waals surface area contributed by atoms with E-state index in [4.69, 9.17) is 19.9 Å². The zero-order chi connectivity index (χ0) is 33.6. The van der Waals surface area contributed by atoms with E-state index in [0.29, 0.717) is 31.8 Å². The third-order valence-electron chi connectivity index (χ3n) is 6.20. The molecule has 4 rings (SSSR count). The Bertz CT molecular complexity index is 1480. The molecule has 46 heavy (non-hydrogen) atoms. The van der Waals surface area contributed by atoms with Crippen molar-refractivity contribution in [3.63, 3.8) is 0 Å². The summed E-state index contributed by atoms with van der Waals surface area (Å²) in [5, 5.41) is 2.86. The molecule has 2 N–H and O–H groups in total. The third-order valence-corrected chi connectivity index (χ3v) is 7.19. The Morgan fingerprint density at radius 2 is 1.50 bits per heavy atom. The Hall–Kier alpha value is -4.37. The molecule has 0 saturated heterocycles. The minimum atomic E-state index is -0.303. The lowest BCUT2D eigenvalue weighted by molar-refractivity contribution is -0.138. The van der Waals surface area contributed by atoms with E-state index in [2.05, 4.69) is 4.98 Å². The monoisotopic (exact) mass is 642 g/mol. The Morgan fingerprint density at radius 1 is 0.891 bits per heavy atom. The van der Waals surface area contributed by atoms with Crippen LogP contribution in [0.1, 0.15) is 68.1 Å². The first-order valence-corrected chi connectivity index (χ1v) is 16.3. The quantitative estimate of drug-likeness (QED) is 0.0485. The number of nitrogens with two attached hydrogens (primary N) is 1. The van der Waals surface area contributed by atoms with Gasteiger partial charge >= 0.3 is 5.97 Å². The molecular formula is C38H46N2O5S. The van der Waals surface area contributed by atoms with Crippen LogP contribution in [-0.2, 0) is 38.7 Å². The van der Waals surface area contributed by atoms with Gasteiger partial charge in [0, 0.05) is 11.0 Å². The van der Waals surface area contributed by atoms with E-state index < -0.39 is 0 Å². The van der Waals surface area contributed by atoms with Crippen molar-refractivity contribution in [2.45, 2.75) is 60.3 Å². The van der Waals surface area contributed by atoms with Crippen molar-refractivity contribution in [2.75, 3.05) is 13.2 Å². The first kappa shape index (κ1) is 37.8. The van der Waals surface area contributed by atoms with Crippen LogP contribution in [-0.4, -0.2) is 30.5 Å². The van der Waals surface area contributed by atoms with E-state index in [1.54, 1.807) is 31.3 Å². The van der Waals surface area contributed by atoms with Crippen LogP contribution < -0.4 is 10.5 Å². The highest BCUT2D eigenvalue weighted by Crippen LogP contribution is 2.23. The van der Waals surface area contributed by atoms with E-state index in [9.17, 15) is 9.59 Å². The molecular weight excluding hydrogens is 596 g/mol. The van der Waals surface area contributed by atoms with Crippen molar-refractivity contribution in [1.29, 1.82) is 0 Å². The lowest BCUT2D eigenvalue weighted by Gasteiger charge is -2.10. The van der Waals surface area contributed by atoms with E-state index in [0.717, 1.165) is 45.0 Å². The minimum Gasteiger partial charge on any atom is -0.489 e. The van der Waals surface area contributed by atoms with Gasteiger partial charge in [-0.05, 0) is 73.7 Å². The number of hydrogen-bond acceptors (Lipinski definition) is 8. The molecule has 1 heterocycles. The molecule has 0 spiro atoms. The number of nitrogens with zero attached hydrogens (tertiary/aromatic N) is 1. The highest BCUT2D eigenvalue weighted by molar-refractivity contribution is 7.09. The lowest BCUT2D eigenvalue weighted by Crippen LogP contribution is -2.13. The number of allylic oxidation sites excluding steroid dienone is 2. The fourth-order valence-corrected chi connectivity index (χ4v) is 4.84. The smallest absolute Gasteiger partial charge is 0.333 e. The molecule has 0 saturated carbocycles. The number of aromatic nitrogens is 1. The van der Waals surface area contributed by atoms with Gasteiger partial charge in [-0.25, -0.2) is 9.78 Å². The Morgan fingerprint density at radius 3 is 2.09 bits per heavy atom. The molecule has 1 unspecified atom stereocenters. The molecule has 3 aromatic carbocycles. The number of hydrogen-bond donors (Lipinski definition) is 1. The largest absolute Gasteiger partial charge is 0.489 e. The third kappa shape index (κ3) is 14.6. The summed E-state index contributed by atoms with van der Waals surface area (Å²) in [5.41, 5.74) is 12.1. The van der Waals surface area contributed by atoms with Gasteiger partial charge in [0.2, 0.25) is 0 Å². The van der Waals surface area contributed by atoms with Gasteiger partial charge in [0.05, 0.1) is 24.9 Å². The number of ether oxygens (including phenoxy) is 3. The number of esters is 1. The van der Waals surface area contributed by atoms with Crippen LogP contribution in [0.5, 0.6) is 5.75 Å². The molecule has 0 aliphatic rings. The second-order valence-corrected chi connectivity index (χ2v) is 10.8. The predicted molar refractivity (Wildman–Crippen MR) is 188 cm³/mol. The van der Waals surface area contributed by atoms with Gasteiger partial charge in [-0.15, -0.1) is 11.3 Å². The first-order valence-electron chi connectivity index (χ1n) is 15.4. The number of benzene rings is 3. The summed E-state index contributed by atoms with van der Waals surface area (Å²) in [6.07, 6.45) is 5.19. The van der Waals surface area contributed by atoms with Crippen LogP contribution in [0.2, 0.25) is 0 Å². The maximum absolute atomic E-state index is 11.8. The molecule has 0 aliphatic carbocycles. The highest BCUT2D eigenvalue weighted by atomic mass is 32.1. The maximum Gasteiger partial charge on any atom is 0.333 e. The Balaban J connectivity index is 0.000000475. The van der Waals surface area contributed by atoms with Gasteiger partial charge in [-0.3, -0.25) is 0 Å². The zero-order valence-corrected chi connectivity index (χ0v) is 28.3. The van der Waals surface area contributed by atoms with Crippen molar-refractivity contribution < 1.29 is 23.8 Å². The zero-order valence-electron chi connectivity index (χ0n) is 27.5. The minimum absolute atomic E-state index is 0.175. The number of aldehydes is 1. The molecule has 0 fully saturated rings. The summed E-state index contributed by atoms with van der Waals surface area (Å²) in [6.45, 7) is 11.1. The van der Waals surface area contributed by atoms with Crippen molar-refractivity contribution in [1.82, 2.24) is 4.98 Å². The summed E-state index contributed by atoms with van der Waals surface area (Å²) in [5.74, 6) is 0.530. The normalized spacial score (nSPS) is 11.7. The van der Waals surface area contributed by atoms with Gasteiger partial charge in [0.15, 0.2) is 0 Å². The van der Waals surface area contributed by atoms with Crippen LogP contribution in [0.15, 0.2) is 108 Å². The molecule has 0 aliphatic heterocycles. The van der Waals surface area contributed by atoms with E-state index in [-0.39, 0.29) is 18.6 Å². The van der Waals surface area contributed by atoms with Crippen LogP contribution in [0.25, 0.3) is 6.08 Å². The molecule has 4 aromatic rings. The second kappa shape index (κ2) is 22.2. The van der Waals surface area contributed by atoms with Gasteiger partial charge in [0.1, 0.15) is 30.3 Å². The Kier molecular flexibility index (Phi) is 18.2. The van der Waals surface area contributed by atoms with Gasteiger partial charge in [-0.1, -0.05) is 86.6 Å².